The number of aromatic nitrogens is 3. The van der Waals surface area contributed by atoms with Crippen LogP contribution in [0.1, 0.15) is 0 Å². The number of aromatic amines is 1. The Morgan fingerprint density at radius 1 is 0.882 bits per heavy atom. The summed E-state index contributed by atoms with van der Waals surface area (Å²) in [6, 6.07) is 12.4. The normalized spacial score (nSPS) is 11.5. The lowest BCUT2D eigenvalue weighted by Crippen LogP contribution is -1.81. The predicted molar refractivity (Wildman–Crippen MR) is 68.9 cm³/mol. The van der Waals surface area contributed by atoms with Crippen LogP contribution in [0, 0.1) is 0 Å². The fourth-order valence-electron chi connectivity index (χ4n) is 2.40. The van der Waals surface area contributed by atoms with Crippen molar-refractivity contribution in [1.82, 2.24) is 15.0 Å². The number of nitrogens with one attached hydrogen (secondary N) is 1. The average molecular weight is 219 g/mol. The Labute approximate surface area is 97.1 Å². The lowest BCUT2D eigenvalue weighted by molar-refractivity contribution is 1.23. The molecule has 0 bridgehead atoms. The van der Waals surface area contributed by atoms with Gasteiger partial charge >= 0.3 is 0 Å². The Morgan fingerprint density at radius 2 is 1.82 bits per heavy atom. The molecule has 0 aliphatic heterocycles. The van der Waals surface area contributed by atoms with Crippen LogP contribution in [0.3, 0.4) is 0 Å². The highest BCUT2D eigenvalue weighted by molar-refractivity contribution is 6.19. The lowest BCUT2D eigenvalue weighted by atomic mass is 10.1. The van der Waals surface area contributed by atoms with E-state index in [0.29, 0.717) is 0 Å². The molecule has 2 heterocycles. The molecule has 0 unspecified atom stereocenters. The average Bonchev–Trinajstić information content (AvgIpc) is 2.77. The second-order valence-corrected chi connectivity index (χ2v) is 4.11. The second-order valence-electron chi connectivity index (χ2n) is 4.11. The first-order valence-electron chi connectivity index (χ1n) is 5.52. The number of hydrogen-bond acceptors (Lipinski definition) is 2. The molecule has 0 fully saturated rings. The van der Waals surface area contributed by atoms with Crippen LogP contribution in [0.4, 0.5) is 0 Å². The third-order valence-electron chi connectivity index (χ3n) is 3.16. The number of para-hydroxylation sites is 1. The van der Waals surface area contributed by atoms with E-state index in [9.17, 15) is 0 Å². The van der Waals surface area contributed by atoms with Crippen LogP contribution < -0.4 is 0 Å². The van der Waals surface area contributed by atoms with Crippen LogP contribution in [0.15, 0.2) is 48.9 Å². The zero-order chi connectivity index (χ0) is 11.2. The molecule has 0 saturated carbocycles. The molecule has 0 aliphatic carbocycles. The molecule has 0 spiro atoms. The van der Waals surface area contributed by atoms with E-state index in [0.717, 1.165) is 21.9 Å². The molecule has 80 valence electrons. The number of nitrogens with zero attached hydrogens (tertiary/aromatic N) is 2. The van der Waals surface area contributed by atoms with E-state index in [4.69, 9.17) is 0 Å². The first-order valence-corrected chi connectivity index (χ1v) is 5.52. The summed E-state index contributed by atoms with van der Waals surface area (Å²) in [5, 5.41) is 3.53. The summed E-state index contributed by atoms with van der Waals surface area (Å²) in [7, 11) is 0. The molecule has 0 saturated heterocycles. The SMILES string of the molecule is c1ccc2c(c1)[nH]c1ccc3ncncc3c12. The van der Waals surface area contributed by atoms with Gasteiger partial charge in [0.1, 0.15) is 6.33 Å². The lowest BCUT2D eigenvalue weighted by Gasteiger charge is -1.97. The summed E-state index contributed by atoms with van der Waals surface area (Å²) >= 11 is 0. The number of benzene rings is 2. The number of hydrogen-bond donors (Lipinski definition) is 1. The Kier molecular flexibility index (Phi) is 1.56. The van der Waals surface area contributed by atoms with E-state index in [-0.39, 0.29) is 0 Å². The van der Waals surface area contributed by atoms with Crippen LogP contribution in [-0.2, 0) is 0 Å². The molecular weight excluding hydrogens is 210 g/mol. The smallest absolute Gasteiger partial charge is 0.116 e. The Morgan fingerprint density at radius 3 is 2.82 bits per heavy atom. The van der Waals surface area contributed by atoms with Gasteiger partial charge in [0.15, 0.2) is 0 Å². The molecule has 0 amide bonds. The summed E-state index contributed by atoms with van der Waals surface area (Å²) in [4.78, 5) is 11.8. The van der Waals surface area contributed by atoms with Crippen LogP contribution in [-0.4, -0.2) is 15.0 Å². The summed E-state index contributed by atoms with van der Waals surface area (Å²) < 4.78 is 0. The minimum Gasteiger partial charge on any atom is -0.354 e. The van der Waals surface area contributed by atoms with Crippen LogP contribution in [0.5, 0.6) is 0 Å². The van der Waals surface area contributed by atoms with E-state index in [2.05, 4.69) is 39.2 Å². The molecule has 1 N–H and O–H groups in total. The van der Waals surface area contributed by atoms with Crippen molar-refractivity contribution in [3.8, 4) is 0 Å². The minimum atomic E-state index is 0.984. The molecule has 4 rings (SSSR count). The summed E-state index contributed by atoms with van der Waals surface area (Å²) in [6.07, 6.45) is 3.47. The van der Waals surface area contributed by atoms with Crippen molar-refractivity contribution in [1.29, 1.82) is 0 Å². The third-order valence-corrected chi connectivity index (χ3v) is 3.16. The highest BCUT2D eigenvalue weighted by atomic mass is 14.8. The van der Waals surface area contributed by atoms with E-state index in [1.807, 2.05) is 18.3 Å². The van der Waals surface area contributed by atoms with Crippen molar-refractivity contribution in [2.75, 3.05) is 0 Å². The summed E-state index contributed by atoms with van der Waals surface area (Å²) in [6.45, 7) is 0. The van der Waals surface area contributed by atoms with Gasteiger partial charge in [0.2, 0.25) is 0 Å². The van der Waals surface area contributed by atoms with E-state index < -0.39 is 0 Å². The maximum atomic E-state index is 4.29. The van der Waals surface area contributed by atoms with Gasteiger partial charge in [-0.15, -0.1) is 0 Å². The Balaban J connectivity index is 2.38. The van der Waals surface area contributed by atoms with E-state index >= 15 is 0 Å². The van der Waals surface area contributed by atoms with Crippen LogP contribution in [0.2, 0.25) is 0 Å². The van der Waals surface area contributed by atoms with Crippen LogP contribution in [0.25, 0.3) is 32.7 Å². The number of H-pyrrole nitrogens is 1. The van der Waals surface area contributed by atoms with Gasteiger partial charge < -0.3 is 4.98 Å². The first-order chi connectivity index (χ1) is 8.43. The van der Waals surface area contributed by atoms with E-state index in [1.54, 1.807) is 6.33 Å². The number of fused-ring (bicyclic) bond motifs is 5. The van der Waals surface area contributed by atoms with Crippen molar-refractivity contribution in [2.24, 2.45) is 0 Å². The van der Waals surface area contributed by atoms with Gasteiger partial charge in [-0.2, -0.15) is 0 Å². The van der Waals surface area contributed by atoms with Gasteiger partial charge in [-0.25, -0.2) is 9.97 Å². The Bertz CT molecular complexity index is 840. The van der Waals surface area contributed by atoms with Crippen LogP contribution >= 0.6 is 0 Å². The first kappa shape index (κ1) is 8.70. The van der Waals surface area contributed by atoms with E-state index in [1.165, 1.54) is 10.8 Å². The zero-order valence-electron chi connectivity index (χ0n) is 9.01. The van der Waals surface area contributed by atoms with Gasteiger partial charge in [0, 0.05) is 33.4 Å². The quantitative estimate of drug-likeness (QED) is 0.493. The molecule has 4 aromatic rings. The molecule has 0 radical (unpaired) electrons. The zero-order valence-corrected chi connectivity index (χ0v) is 9.01. The molecular formula is C14H9N3. The number of rotatable bonds is 0. The highest BCUT2D eigenvalue weighted by Gasteiger charge is 2.07. The molecule has 0 aliphatic rings. The molecule has 0 atom stereocenters. The van der Waals surface area contributed by atoms with Crippen molar-refractivity contribution in [3.63, 3.8) is 0 Å². The maximum absolute atomic E-state index is 4.29. The predicted octanol–water partition coefficient (Wildman–Crippen LogP) is 3.26. The monoisotopic (exact) mass is 219 g/mol. The Hall–Kier alpha value is -2.42. The van der Waals surface area contributed by atoms with Gasteiger partial charge in [-0.05, 0) is 18.2 Å². The van der Waals surface area contributed by atoms with Gasteiger partial charge in [0.05, 0.1) is 5.52 Å². The molecule has 2 aromatic heterocycles. The topological polar surface area (TPSA) is 41.6 Å². The summed E-state index contributed by atoms with van der Waals surface area (Å²) in [5.74, 6) is 0. The maximum Gasteiger partial charge on any atom is 0.116 e. The van der Waals surface area contributed by atoms with Gasteiger partial charge in [0.25, 0.3) is 0 Å². The minimum absolute atomic E-state index is 0.984. The summed E-state index contributed by atoms with van der Waals surface area (Å²) in [5.41, 5.74) is 3.27. The van der Waals surface area contributed by atoms with Crippen molar-refractivity contribution in [2.45, 2.75) is 0 Å². The fourth-order valence-corrected chi connectivity index (χ4v) is 2.40. The highest BCUT2D eigenvalue weighted by Crippen LogP contribution is 2.30. The van der Waals surface area contributed by atoms with Crippen molar-refractivity contribution in [3.05, 3.63) is 48.9 Å². The van der Waals surface area contributed by atoms with Crippen molar-refractivity contribution < 1.29 is 0 Å². The second kappa shape index (κ2) is 3.04. The fraction of sp³-hybridized carbons (Fsp3) is 0. The molecule has 3 nitrogen and oxygen atoms in total. The third kappa shape index (κ3) is 1.11. The van der Waals surface area contributed by atoms with Gasteiger partial charge in [-0.1, -0.05) is 18.2 Å². The van der Waals surface area contributed by atoms with Gasteiger partial charge in [-0.3, -0.25) is 0 Å². The largest absolute Gasteiger partial charge is 0.354 e. The molecule has 2 aromatic carbocycles. The molecule has 3 heteroatoms. The molecule has 17 heavy (non-hydrogen) atoms. The van der Waals surface area contributed by atoms with Crippen molar-refractivity contribution >= 4 is 32.7 Å². The standard InChI is InChI=1S/C14H9N3/c1-2-4-12-9(3-1)14-10-7-15-8-16-11(10)5-6-13(14)17-12/h1-8,17H.